The minimum atomic E-state index is 0.210. The van der Waals surface area contributed by atoms with Gasteiger partial charge in [0, 0.05) is 5.56 Å². The summed E-state index contributed by atoms with van der Waals surface area (Å²) in [5, 5.41) is 2.00. The molecule has 13 heavy (non-hydrogen) atoms. The highest BCUT2D eigenvalue weighted by Gasteiger charge is 2.05. The molecule has 0 radical (unpaired) electrons. The second-order valence-corrected chi connectivity index (χ2v) is 3.19. The number of benzene rings is 1. The molecule has 0 amide bonds. The lowest BCUT2D eigenvalue weighted by atomic mass is 10.1. The van der Waals surface area contributed by atoms with E-state index in [2.05, 4.69) is 0 Å². The Morgan fingerprint density at radius 1 is 1.31 bits per heavy atom. The zero-order valence-electron chi connectivity index (χ0n) is 8.21. The molecular formula is C11H16NO+. The van der Waals surface area contributed by atoms with Crippen molar-refractivity contribution < 1.29 is 10.1 Å². The molecule has 0 aliphatic rings. The second kappa shape index (κ2) is 4.77. The van der Waals surface area contributed by atoms with Crippen LogP contribution in [0.3, 0.4) is 0 Å². The third kappa shape index (κ3) is 2.99. The fraction of sp³-hybridized carbons (Fsp3) is 0.364. The van der Waals surface area contributed by atoms with Crippen LogP contribution in [0.15, 0.2) is 24.3 Å². The molecule has 0 heterocycles. The van der Waals surface area contributed by atoms with Crippen LogP contribution < -0.4 is 5.32 Å². The van der Waals surface area contributed by atoms with Gasteiger partial charge in [0.05, 0.1) is 6.54 Å². The van der Waals surface area contributed by atoms with Gasteiger partial charge in [-0.2, -0.15) is 0 Å². The van der Waals surface area contributed by atoms with E-state index >= 15 is 0 Å². The standard InChI is InChI=1S/C11H15NO/c1-3-12-8-11(13)10-6-4-9(2)5-7-10/h4-7,12H,3,8H2,1-2H3/p+1. The van der Waals surface area contributed by atoms with Crippen LogP contribution in [0.1, 0.15) is 22.8 Å². The van der Waals surface area contributed by atoms with E-state index in [1.165, 1.54) is 5.56 Å². The molecule has 1 aromatic rings. The van der Waals surface area contributed by atoms with Gasteiger partial charge in [0.2, 0.25) is 5.78 Å². The van der Waals surface area contributed by atoms with Gasteiger partial charge in [0.15, 0.2) is 0 Å². The molecule has 0 aliphatic carbocycles. The van der Waals surface area contributed by atoms with Crippen molar-refractivity contribution in [2.45, 2.75) is 13.8 Å². The van der Waals surface area contributed by atoms with Crippen molar-refractivity contribution in [1.29, 1.82) is 0 Å². The van der Waals surface area contributed by atoms with Gasteiger partial charge in [0.25, 0.3) is 0 Å². The van der Waals surface area contributed by atoms with Crippen molar-refractivity contribution in [3.63, 3.8) is 0 Å². The van der Waals surface area contributed by atoms with Gasteiger partial charge >= 0.3 is 0 Å². The molecule has 0 aromatic heterocycles. The Hall–Kier alpha value is -1.15. The van der Waals surface area contributed by atoms with Gasteiger partial charge in [-0.1, -0.05) is 29.8 Å². The van der Waals surface area contributed by atoms with E-state index in [1.54, 1.807) is 0 Å². The van der Waals surface area contributed by atoms with E-state index in [4.69, 9.17) is 0 Å². The maximum atomic E-state index is 11.5. The largest absolute Gasteiger partial charge is 0.340 e. The summed E-state index contributed by atoms with van der Waals surface area (Å²) >= 11 is 0. The molecular weight excluding hydrogens is 162 g/mol. The highest BCUT2D eigenvalue weighted by molar-refractivity contribution is 5.96. The van der Waals surface area contributed by atoms with E-state index in [9.17, 15) is 4.79 Å². The predicted molar refractivity (Wildman–Crippen MR) is 52.8 cm³/mol. The molecule has 0 aliphatic heterocycles. The molecule has 2 nitrogen and oxygen atoms in total. The normalized spacial score (nSPS) is 10.0. The molecule has 2 N–H and O–H groups in total. The van der Waals surface area contributed by atoms with Gasteiger partial charge in [-0.3, -0.25) is 4.79 Å². The number of carbonyl (C=O) groups excluding carboxylic acids is 1. The maximum Gasteiger partial charge on any atom is 0.216 e. The maximum absolute atomic E-state index is 11.5. The third-order valence-corrected chi connectivity index (χ3v) is 1.99. The zero-order chi connectivity index (χ0) is 9.68. The van der Waals surface area contributed by atoms with Crippen molar-refractivity contribution in [1.82, 2.24) is 0 Å². The fourth-order valence-electron chi connectivity index (χ4n) is 1.13. The molecule has 0 saturated carbocycles. The van der Waals surface area contributed by atoms with E-state index in [0.717, 1.165) is 12.1 Å². The fourth-order valence-corrected chi connectivity index (χ4v) is 1.13. The summed E-state index contributed by atoms with van der Waals surface area (Å²) in [5.74, 6) is 0.210. The second-order valence-electron chi connectivity index (χ2n) is 3.19. The van der Waals surface area contributed by atoms with Crippen LogP contribution in [-0.4, -0.2) is 18.9 Å². The Bertz CT molecular complexity index is 277. The number of ketones is 1. The van der Waals surface area contributed by atoms with Crippen LogP contribution in [0, 0.1) is 6.92 Å². The van der Waals surface area contributed by atoms with Gasteiger partial charge in [-0.05, 0) is 13.8 Å². The first-order valence-electron chi connectivity index (χ1n) is 4.65. The topological polar surface area (TPSA) is 33.7 Å². The van der Waals surface area contributed by atoms with Crippen molar-refractivity contribution >= 4 is 5.78 Å². The third-order valence-electron chi connectivity index (χ3n) is 1.99. The van der Waals surface area contributed by atoms with Crippen LogP contribution >= 0.6 is 0 Å². The number of hydrogen-bond acceptors (Lipinski definition) is 1. The average Bonchev–Trinajstić information content (AvgIpc) is 2.15. The Morgan fingerprint density at radius 3 is 2.46 bits per heavy atom. The number of Topliss-reactive ketones (excluding diaryl/α,β-unsaturated/α-hetero) is 1. The number of rotatable bonds is 4. The van der Waals surface area contributed by atoms with Crippen molar-refractivity contribution in [3.8, 4) is 0 Å². The van der Waals surface area contributed by atoms with Gasteiger partial charge in [0.1, 0.15) is 6.54 Å². The van der Waals surface area contributed by atoms with Gasteiger partial charge in [-0.15, -0.1) is 0 Å². The average molecular weight is 178 g/mol. The van der Waals surface area contributed by atoms with Crippen LogP contribution in [0.4, 0.5) is 0 Å². The van der Waals surface area contributed by atoms with Crippen molar-refractivity contribution in [2.75, 3.05) is 13.1 Å². The molecule has 0 atom stereocenters. The first kappa shape index (κ1) is 9.93. The minimum Gasteiger partial charge on any atom is -0.340 e. The summed E-state index contributed by atoms with van der Waals surface area (Å²) in [4.78, 5) is 11.5. The Kier molecular flexibility index (Phi) is 3.65. The first-order valence-corrected chi connectivity index (χ1v) is 4.65. The minimum absolute atomic E-state index is 0.210. The summed E-state index contributed by atoms with van der Waals surface area (Å²) in [6.45, 7) is 5.58. The highest BCUT2D eigenvalue weighted by Crippen LogP contribution is 2.02. The summed E-state index contributed by atoms with van der Waals surface area (Å²) in [7, 11) is 0. The quantitative estimate of drug-likeness (QED) is 0.679. The Morgan fingerprint density at radius 2 is 1.92 bits per heavy atom. The monoisotopic (exact) mass is 178 g/mol. The number of carbonyl (C=O) groups is 1. The summed E-state index contributed by atoms with van der Waals surface area (Å²) in [6.07, 6.45) is 0. The SMILES string of the molecule is CC[NH2+]CC(=O)c1ccc(C)cc1. The smallest absolute Gasteiger partial charge is 0.216 e. The zero-order valence-corrected chi connectivity index (χ0v) is 8.21. The van der Waals surface area contributed by atoms with Crippen molar-refractivity contribution in [2.24, 2.45) is 0 Å². The molecule has 1 aromatic carbocycles. The van der Waals surface area contributed by atoms with Crippen LogP contribution in [0.25, 0.3) is 0 Å². The van der Waals surface area contributed by atoms with Gasteiger partial charge in [-0.25, -0.2) is 0 Å². The summed E-state index contributed by atoms with van der Waals surface area (Å²) in [6, 6.07) is 7.72. The summed E-state index contributed by atoms with van der Waals surface area (Å²) in [5.41, 5.74) is 2.01. The molecule has 0 bridgehead atoms. The van der Waals surface area contributed by atoms with Crippen LogP contribution in [0.2, 0.25) is 0 Å². The molecule has 0 saturated heterocycles. The molecule has 2 heteroatoms. The first-order chi connectivity index (χ1) is 6.24. The highest BCUT2D eigenvalue weighted by atomic mass is 16.1. The van der Waals surface area contributed by atoms with Crippen LogP contribution in [0.5, 0.6) is 0 Å². The Balaban J connectivity index is 2.61. The molecule has 0 spiro atoms. The van der Waals surface area contributed by atoms with E-state index in [0.29, 0.717) is 6.54 Å². The lowest BCUT2D eigenvalue weighted by Gasteiger charge is -1.99. The molecule has 70 valence electrons. The van der Waals surface area contributed by atoms with Gasteiger partial charge < -0.3 is 5.32 Å². The Labute approximate surface area is 79.0 Å². The summed E-state index contributed by atoms with van der Waals surface area (Å²) < 4.78 is 0. The van der Waals surface area contributed by atoms with Crippen LogP contribution in [-0.2, 0) is 0 Å². The molecule has 0 fully saturated rings. The lowest BCUT2D eigenvalue weighted by molar-refractivity contribution is -0.639. The van der Waals surface area contributed by atoms with Crippen molar-refractivity contribution in [3.05, 3.63) is 35.4 Å². The van der Waals surface area contributed by atoms with E-state index < -0.39 is 0 Å². The van der Waals surface area contributed by atoms with E-state index in [1.807, 2.05) is 43.4 Å². The number of aryl methyl sites for hydroxylation is 1. The number of quaternary nitrogens is 1. The predicted octanol–water partition coefficient (Wildman–Crippen LogP) is 0.761. The molecule has 0 unspecified atom stereocenters. The molecule has 1 rings (SSSR count). The number of hydrogen-bond donors (Lipinski definition) is 1. The number of likely N-dealkylation sites (N-methyl/N-ethyl adjacent to an activating group) is 1. The number of nitrogens with two attached hydrogens (primary N) is 1. The lowest BCUT2D eigenvalue weighted by Crippen LogP contribution is -2.85. The van der Waals surface area contributed by atoms with E-state index in [-0.39, 0.29) is 5.78 Å².